The van der Waals surface area contributed by atoms with E-state index in [2.05, 4.69) is 30.2 Å². The van der Waals surface area contributed by atoms with Gasteiger partial charge in [0, 0.05) is 31.8 Å². The van der Waals surface area contributed by atoms with E-state index in [1.807, 2.05) is 0 Å². The average Bonchev–Trinajstić information content (AvgIpc) is 3.37. The number of hydrogen-bond donors (Lipinski definition) is 1. The minimum atomic E-state index is -0.579. The Kier molecular flexibility index (Phi) is 7.40. The van der Waals surface area contributed by atoms with Crippen LogP contribution in [0.2, 0.25) is 0 Å². The Labute approximate surface area is 258 Å². The Morgan fingerprint density at radius 2 is 1.93 bits per heavy atom. The minimum Gasteiger partial charge on any atom is -0.508 e. The smallest absolute Gasteiger partial charge is 0.319 e. The average molecular weight is 604 g/mol. The second kappa shape index (κ2) is 11.1. The van der Waals surface area contributed by atoms with Crippen molar-refractivity contribution in [2.24, 2.45) is 0 Å². The molecule has 1 unspecified atom stereocenters. The van der Waals surface area contributed by atoms with Crippen molar-refractivity contribution in [3.63, 3.8) is 0 Å². The molecule has 9 nitrogen and oxygen atoms in total. The highest BCUT2D eigenvalue weighted by Gasteiger charge is 2.46. The maximum Gasteiger partial charge on any atom is 0.319 e. The van der Waals surface area contributed by atoms with Gasteiger partial charge in [0.1, 0.15) is 34.8 Å². The Balaban J connectivity index is 1.40. The number of anilines is 1. The number of fused-ring (bicyclic) bond motifs is 3. The van der Waals surface area contributed by atoms with E-state index in [0.717, 1.165) is 69.2 Å². The summed E-state index contributed by atoms with van der Waals surface area (Å²) in [4.78, 5) is 18.9. The molecule has 1 aliphatic carbocycles. The van der Waals surface area contributed by atoms with Crippen LogP contribution in [0, 0.1) is 5.82 Å². The summed E-state index contributed by atoms with van der Waals surface area (Å²) in [5.41, 5.74) is 3.66. The molecule has 3 fully saturated rings. The van der Waals surface area contributed by atoms with Crippen LogP contribution in [-0.2, 0) is 16.6 Å². The number of pyridine rings is 1. The molecule has 7 rings (SSSR count). The first-order valence-electron chi connectivity index (χ1n) is 15.9. The van der Waals surface area contributed by atoms with Gasteiger partial charge in [-0.2, -0.15) is 9.97 Å². The molecule has 2 aromatic heterocycles. The Morgan fingerprint density at radius 3 is 2.77 bits per heavy atom. The number of benzene rings is 1. The van der Waals surface area contributed by atoms with Crippen LogP contribution in [0.1, 0.15) is 63.5 Å². The predicted octanol–water partition coefficient (Wildman–Crippen LogP) is 5.56. The fourth-order valence-corrected chi connectivity index (χ4v) is 8.04. The van der Waals surface area contributed by atoms with Crippen LogP contribution in [-0.4, -0.2) is 83.6 Å². The van der Waals surface area contributed by atoms with E-state index in [1.165, 1.54) is 12.7 Å². The molecule has 1 atom stereocenters. The third-order valence-corrected chi connectivity index (χ3v) is 10.0. The highest BCUT2D eigenvalue weighted by molar-refractivity contribution is 5.97. The normalized spacial score (nSPS) is 23.5. The highest BCUT2D eigenvalue weighted by atomic mass is 19.1. The van der Waals surface area contributed by atoms with Gasteiger partial charge in [0.25, 0.3) is 0 Å². The minimum absolute atomic E-state index is 0.0900. The zero-order valence-electron chi connectivity index (χ0n) is 26.0. The molecule has 3 saturated heterocycles. The maximum atomic E-state index is 17.0. The lowest BCUT2D eigenvalue weighted by atomic mass is 9.70. The summed E-state index contributed by atoms with van der Waals surface area (Å²) in [5.74, 6) is 0.276. The van der Waals surface area contributed by atoms with Crippen LogP contribution < -0.4 is 14.4 Å². The van der Waals surface area contributed by atoms with Crippen molar-refractivity contribution in [1.29, 1.82) is 0 Å². The second-order valence-electron chi connectivity index (χ2n) is 13.5. The van der Waals surface area contributed by atoms with E-state index in [4.69, 9.17) is 29.2 Å². The van der Waals surface area contributed by atoms with Crippen molar-refractivity contribution in [2.75, 3.05) is 58.0 Å². The first kappa shape index (κ1) is 29.2. The number of aromatic nitrogens is 3. The topological polar surface area (TPSA) is 93.1 Å². The third-order valence-electron chi connectivity index (χ3n) is 10.0. The Morgan fingerprint density at radius 1 is 1.07 bits per heavy atom. The molecule has 0 bridgehead atoms. The molecule has 0 saturated carbocycles. The van der Waals surface area contributed by atoms with Crippen molar-refractivity contribution in [1.82, 2.24) is 19.9 Å². The van der Waals surface area contributed by atoms with E-state index < -0.39 is 5.82 Å². The number of phenols is 1. The Bertz CT molecular complexity index is 1620. The molecule has 3 aromatic rings. The Hall–Kier alpha value is -3.50. The van der Waals surface area contributed by atoms with Crippen LogP contribution in [0.3, 0.4) is 0 Å². The van der Waals surface area contributed by atoms with E-state index in [0.29, 0.717) is 49.7 Å². The van der Waals surface area contributed by atoms with Crippen molar-refractivity contribution in [3.8, 4) is 28.9 Å². The number of hydrogen-bond acceptors (Lipinski definition) is 9. The van der Waals surface area contributed by atoms with Gasteiger partial charge in [-0.3, -0.25) is 4.90 Å². The van der Waals surface area contributed by atoms with Crippen LogP contribution in [0.25, 0.3) is 22.2 Å². The molecule has 3 aliphatic heterocycles. The fourth-order valence-electron chi connectivity index (χ4n) is 8.04. The highest BCUT2D eigenvalue weighted by Crippen LogP contribution is 2.47. The molecule has 0 radical (unpaired) electrons. The number of nitrogens with zero attached hydrogens (tertiary/aromatic N) is 5. The molecule has 44 heavy (non-hydrogen) atoms. The molecule has 5 heterocycles. The number of methoxy groups -OCH3 is 1. The van der Waals surface area contributed by atoms with Crippen molar-refractivity contribution >= 4 is 16.7 Å². The largest absolute Gasteiger partial charge is 0.508 e. The summed E-state index contributed by atoms with van der Waals surface area (Å²) >= 11 is 0. The van der Waals surface area contributed by atoms with Gasteiger partial charge in [0.05, 0.1) is 19.3 Å². The fraction of sp³-hybridized carbons (Fsp3) is 0.559. The standard InChI is InChI=1S/C34H42FN5O4/c1-21-18-34(10-6-12-40(34)19-21)20-44-32-37-29-25(30(38-32)39-11-7-14-43-15-13-39)31(42-4)36-28(27(29)35)24-17-23(41)16-22-8-5-9-33(2,3)26(22)24/h16-17,41H,1,5-15,18-20H2,2-4H3. The number of aromatic hydroxyl groups is 1. The van der Waals surface area contributed by atoms with Crippen LogP contribution in [0.5, 0.6) is 17.6 Å². The molecular formula is C34H42FN5O4. The SMILES string of the molecule is C=C1CN2CCCC2(COc2nc(N3CCCOCC3)c3c(OC)nc(-c4cc(O)cc5c4C(C)(C)CCC5)c(F)c3n2)C1. The first-order chi connectivity index (χ1) is 21.2. The van der Waals surface area contributed by atoms with E-state index >= 15 is 4.39 Å². The summed E-state index contributed by atoms with van der Waals surface area (Å²) < 4.78 is 35.0. The number of halogens is 1. The van der Waals surface area contributed by atoms with Gasteiger partial charge < -0.3 is 24.2 Å². The van der Waals surface area contributed by atoms with Crippen LogP contribution in [0.15, 0.2) is 24.3 Å². The van der Waals surface area contributed by atoms with Gasteiger partial charge in [-0.05, 0) is 80.2 Å². The number of aryl methyl sites for hydroxylation is 1. The maximum absolute atomic E-state index is 17.0. The monoisotopic (exact) mass is 603 g/mol. The van der Waals surface area contributed by atoms with Gasteiger partial charge in [-0.25, -0.2) is 9.37 Å². The number of phenolic OH excluding ortho intramolecular Hbond substituents is 1. The molecule has 1 aromatic carbocycles. The molecule has 234 valence electrons. The summed E-state index contributed by atoms with van der Waals surface area (Å²) in [7, 11) is 1.53. The number of ether oxygens (including phenoxy) is 3. The lowest BCUT2D eigenvalue weighted by Gasteiger charge is -2.35. The lowest BCUT2D eigenvalue weighted by molar-refractivity contribution is 0.108. The summed E-state index contributed by atoms with van der Waals surface area (Å²) in [5, 5.41) is 11.1. The predicted molar refractivity (Wildman–Crippen MR) is 167 cm³/mol. The summed E-state index contributed by atoms with van der Waals surface area (Å²) in [6, 6.07) is 3.55. The quantitative estimate of drug-likeness (QED) is 0.364. The van der Waals surface area contributed by atoms with Crippen molar-refractivity contribution in [2.45, 2.75) is 69.7 Å². The van der Waals surface area contributed by atoms with Crippen molar-refractivity contribution in [3.05, 3.63) is 41.2 Å². The first-order valence-corrected chi connectivity index (χ1v) is 15.9. The van der Waals surface area contributed by atoms with Crippen LogP contribution >= 0.6 is 0 Å². The molecule has 0 amide bonds. The zero-order chi connectivity index (χ0) is 30.6. The van der Waals surface area contributed by atoms with Crippen molar-refractivity contribution < 1.29 is 23.7 Å². The molecule has 4 aliphatic rings. The number of rotatable bonds is 6. The van der Waals surface area contributed by atoms with Gasteiger partial charge >= 0.3 is 6.01 Å². The molecular weight excluding hydrogens is 561 g/mol. The van der Waals surface area contributed by atoms with Gasteiger partial charge in [0.15, 0.2) is 5.82 Å². The zero-order valence-corrected chi connectivity index (χ0v) is 26.0. The molecule has 10 heteroatoms. The molecule has 1 N–H and O–H groups in total. The van der Waals surface area contributed by atoms with E-state index in [9.17, 15) is 5.11 Å². The van der Waals surface area contributed by atoms with E-state index in [1.54, 1.807) is 12.1 Å². The third kappa shape index (κ3) is 4.96. The van der Waals surface area contributed by atoms with Gasteiger partial charge in [-0.1, -0.05) is 26.0 Å². The van der Waals surface area contributed by atoms with E-state index in [-0.39, 0.29) is 39.8 Å². The molecule has 0 spiro atoms. The summed E-state index contributed by atoms with van der Waals surface area (Å²) in [6.45, 7) is 13.3. The second-order valence-corrected chi connectivity index (χ2v) is 13.5. The lowest BCUT2D eigenvalue weighted by Crippen LogP contribution is -2.43. The summed E-state index contributed by atoms with van der Waals surface area (Å²) in [6.07, 6.45) is 6.59. The van der Waals surface area contributed by atoms with Crippen LogP contribution in [0.4, 0.5) is 10.2 Å². The van der Waals surface area contributed by atoms with Gasteiger partial charge in [-0.15, -0.1) is 0 Å². The van der Waals surface area contributed by atoms with Gasteiger partial charge in [0.2, 0.25) is 5.88 Å².